The van der Waals surface area contributed by atoms with E-state index in [1.807, 2.05) is 90.5 Å². The monoisotopic (exact) mass is 480 g/mol. The van der Waals surface area contributed by atoms with Crippen LogP contribution < -0.4 is 15.0 Å². The van der Waals surface area contributed by atoms with Crippen molar-refractivity contribution in [2.75, 3.05) is 24.3 Å². The highest BCUT2D eigenvalue weighted by Crippen LogP contribution is 2.28. The van der Waals surface area contributed by atoms with Crippen molar-refractivity contribution in [1.82, 2.24) is 19.7 Å². The molecule has 33 heavy (non-hydrogen) atoms. The second kappa shape index (κ2) is 10.5. The summed E-state index contributed by atoms with van der Waals surface area (Å²) in [6.45, 7) is 2.07. The maximum absolute atomic E-state index is 12.6. The second-order valence-electron chi connectivity index (χ2n) is 7.34. The number of thioether (sulfide) groups is 1. The lowest BCUT2D eigenvalue weighted by Gasteiger charge is -2.15. The zero-order chi connectivity index (χ0) is 23.2. The molecule has 1 N–H and O–H groups in total. The van der Waals surface area contributed by atoms with Crippen LogP contribution in [0, 0.1) is 0 Å². The average molecular weight is 481 g/mol. The lowest BCUT2D eigenvalue weighted by atomic mass is 10.3. The minimum Gasteiger partial charge on any atom is -0.486 e. The molecule has 0 saturated heterocycles. The Balaban J connectivity index is 1.54. The number of carbonyl (C=O) groups excluding carboxylic acids is 1. The third-order valence-electron chi connectivity index (χ3n) is 4.73. The lowest BCUT2D eigenvalue weighted by molar-refractivity contribution is -0.115. The van der Waals surface area contributed by atoms with Gasteiger partial charge in [-0.25, -0.2) is 4.98 Å². The molecule has 0 fully saturated rings. The molecule has 0 radical (unpaired) electrons. The third-order valence-corrected chi connectivity index (χ3v) is 6.46. The molecular weight excluding hydrogens is 456 g/mol. The van der Waals surface area contributed by atoms with E-state index >= 15 is 0 Å². The zero-order valence-corrected chi connectivity index (χ0v) is 20.1. The van der Waals surface area contributed by atoms with Crippen LogP contribution in [0.1, 0.15) is 12.7 Å². The molecule has 2 aromatic heterocycles. The molecule has 0 aliphatic carbocycles. The number of hydrogen-bond donors (Lipinski definition) is 1. The van der Waals surface area contributed by atoms with Gasteiger partial charge in [0, 0.05) is 43.1 Å². The van der Waals surface area contributed by atoms with Gasteiger partial charge in [-0.3, -0.25) is 9.36 Å². The first-order valence-electron chi connectivity index (χ1n) is 10.3. The van der Waals surface area contributed by atoms with Crippen LogP contribution in [0.5, 0.6) is 5.75 Å². The van der Waals surface area contributed by atoms with Crippen molar-refractivity contribution >= 4 is 39.8 Å². The molecule has 0 saturated carbocycles. The summed E-state index contributed by atoms with van der Waals surface area (Å²) in [5.41, 5.74) is 1.95. The molecule has 0 bridgehead atoms. The number of anilines is 2. The van der Waals surface area contributed by atoms with Gasteiger partial charge in [-0.1, -0.05) is 36.0 Å². The predicted octanol–water partition coefficient (Wildman–Crippen LogP) is 4.49. The van der Waals surface area contributed by atoms with Gasteiger partial charge in [0.05, 0.1) is 5.25 Å². The summed E-state index contributed by atoms with van der Waals surface area (Å²) in [6.07, 6.45) is 1.66. The van der Waals surface area contributed by atoms with Gasteiger partial charge in [0.2, 0.25) is 5.91 Å². The molecule has 8 nitrogen and oxygen atoms in total. The van der Waals surface area contributed by atoms with Gasteiger partial charge in [0.25, 0.3) is 0 Å². The van der Waals surface area contributed by atoms with Gasteiger partial charge in [0.1, 0.15) is 12.4 Å². The first kappa shape index (κ1) is 22.8. The Labute approximate surface area is 200 Å². The van der Waals surface area contributed by atoms with Crippen molar-refractivity contribution in [3.63, 3.8) is 0 Å². The van der Waals surface area contributed by atoms with Crippen molar-refractivity contribution in [2.24, 2.45) is 0 Å². The van der Waals surface area contributed by atoms with Crippen molar-refractivity contribution < 1.29 is 9.53 Å². The molecule has 1 amide bonds. The molecule has 1 atom stereocenters. The van der Waals surface area contributed by atoms with E-state index in [1.165, 1.54) is 23.1 Å². The number of thiazole rings is 1. The number of benzene rings is 2. The highest BCUT2D eigenvalue weighted by molar-refractivity contribution is 8.00. The van der Waals surface area contributed by atoms with Gasteiger partial charge in [-0.05, 0) is 31.2 Å². The van der Waals surface area contributed by atoms with Crippen molar-refractivity contribution in [3.05, 3.63) is 72.0 Å². The quantitative estimate of drug-likeness (QED) is 0.353. The van der Waals surface area contributed by atoms with Gasteiger partial charge in [-0.2, -0.15) is 0 Å². The molecule has 2 aromatic carbocycles. The van der Waals surface area contributed by atoms with Crippen LogP contribution in [0.3, 0.4) is 0 Å². The smallest absolute Gasteiger partial charge is 0.239 e. The summed E-state index contributed by atoms with van der Waals surface area (Å²) in [4.78, 5) is 18.7. The predicted molar refractivity (Wildman–Crippen MR) is 133 cm³/mol. The van der Waals surface area contributed by atoms with E-state index in [-0.39, 0.29) is 12.5 Å². The summed E-state index contributed by atoms with van der Waals surface area (Å²) in [7, 11) is 3.97. The fourth-order valence-corrected chi connectivity index (χ4v) is 4.43. The Kier molecular flexibility index (Phi) is 7.26. The van der Waals surface area contributed by atoms with Crippen molar-refractivity contribution in [3.8, 4) is 11.4 Å². The maximum Gasteiger partial charge on any atom is 0.239 e. The molecule has 2 heterocycles. The highest BCUT2D eigenvalue weighted by atomic mass is 32.2. The molecule has 4 rings (SSSR count). The molecule has 0 aliphatic rings. The van der Waals surface area contributed by atoms with E-state index in [0.29, 0.717) is 16.1 Å². The van der Waals surface area contributed by atoms with E-state index < -0.39 is 5.25 Å². The number of ether oxygens (including phenoxy) is 1. The molecule has 0 aliphatic heterocycles. The van der Waals surface area contributed by atoms with Gasteiger partial charge < -0.3 is 15.0 Å². The number of aromatic nitrogens is 4. The number of rotatable bonds is 9. The van der Waals surface area contributed by atoms with Gasteiger partial charge in [0.15, 0.2) is 16.1 Å². The van der Waals surface area contributed by atoms with Crippen LogP contribution >= 0.6 is 23.1 Å². The van der Waals surface area contributed by atoms with E-state index in [2.05, 4.69) is 20.5 Å². The van der Waals surface area contributed by atoms with E-state index in [1.54, 1.807) is 6.20 Å². The Morgan fingerprint density at radius 1 is 1.18 bits per heavy atom. The van der Waals surface area contributed by atoms with Crippen LogP contribution in [0.15, 0.2) is 71.3 Å². The zero-order valence-electron chi connectivity index (χ0n) is 18.5. The van der Waals surface area contributed by atoms with E-state index in [4.69, 9.17) is 4.74 Å². The fourth-order valence-electron chi connectivity index (χ4n) is 3.01. The molecule has 0 spiro atoms. The number of nitrogens with zero attached hydrogens (tertiary/aromatic N) is 5. The first-order chi connectivity index (χ1) is 16.0. The Bertz CT molecular complexity index is 1190. The summed E-state index contributed by atoms with van der Waals surface area (Å²) >= 11 is 2.72. The largest absolute Gasteiger partial charge is 0.486 e. The Morgan fingerprint density at radius 3 is 2.73 bits per heavy atom. The topological polar surface area (TPSA) is 85.2 Å². The minimum atomic E-state index is -0.397. The summed E-state index contributed by atoms with van der Waals surface area (Å²) < 4.78 is 7.96. The summed E-state index contributed by atoms with van der Waals surface area (Å²) in [5, 5.41) is 14.2. The third kappa shape index (κ3) is 5.71. The molecular formula is C23H24N6O2S2. The van der Waals surface area contributed by atoms with Crippen LogP contribution in [0.25, 0.3) is 5.69 Å². The number of amides is 1. The highest BCUT2D eigenvalue weighted by Gasteiger charge is 2.22. The van der Waals surface area contributed by atoms with E-state index in [9.17, 15) is 4.79 Å². The normalized spacial score (nSPS) is 11.7. The second-order valence-corrected chi connectivity index (χ2v) is 9.54. The average Bonchev–Trinajstić information content (AvgIpc) is 3.48. The molecule has 0 unspecified atom stereocenters. The van der Waals surface area contributed by atoms with Crippen molar-refractivity contribution in [2.45, 2.75) is 23.9 Å². The van der Waals surface area contributed by atoms with Crippen molar-refractivity contribution in [1.29, 1.82) is 0 Å². The molecule has 4 aromatic rings. The fraction of sp³-hybridized carbons (Fsp3) is 0.217. The summed E-state index contributed by atoms with van der Waals surface area (Å²) in [6, 6.07) is 17.7. The van der Waals surface area contributed by atoms with Crippen LogP contribution in [-0.4, -0.2) is 45.0 Å². The summed E-state index contributed by atoms with van der Waals surface area (Å²) in [5.74, 6) is 1.25. The van der Waals surface area contributed by atoms with E-state index in [0.717, 1.165) is 17.1 Å². The number of carbonyl (C=O) groups is 1. The Hall–Kier alpha value is -3.37. The molecule has 170 valence electrons. The van der Waals surface area contributed by atoms with Crippen LogP contribution in [0.4, 0.5) is 10.8 Å². The number of para-hydroxylation sites is 1. The lowest BCUT2D eigenvalue weighted by Crippen LogP contribution is -2.22. The van der Waals surface area contributed by atoms with Crippen LogP contribution in [-0.2, 0) is 11.4 Å². The maximum atomic E-state index is 12.6. The minimum absolute atomic E-state index is 0.143. The van der Waals surface area contributed by atoms with Crippen LogP contribution in [0.2, 0.25) is 0 Å². The Morgan fingerprint density at radius 2 is 2.00 bits per heavy atom. The number of nitrogens with one attached hydrogen (secondary N) is 1. The number of hydrogen-bond acceptors (Lipinski definition) is 8. The van der Waals surface area contributed by atoms with Gasteiger partial charge in [-0.15, -0.1) is 21.5 Å². The SMILES string of the molecule is C[C@@H](Sc1nnc(COc2cccc(N(C)C)c2)n1-c1ccccc1)C(=O)Nc1nccs1. The molecule has 10 heteroatoms. The first-order valence-corrected chi connectivity index (χ1v) is 12.0. The standard InChI is InChI=1S/C23H24N6O2S2/c1-16(21(30)25-22-24-12-13-32-22)33-23-27-26-20(29(23)17-8-5-4-6-9-17)15-31-19-11-7-10-18(14-19)28(2)3/h4-14,16H,15H2,1-3H3,(H,24,25,30)/t16-/m1/s1. The van der Waals surface area contributed by atoms with Gasteiger partial charge >= 0.3 is 0 Å².